The van der Waals surface area contributed by atoms with E-state index in [1.165, 1.54) is 0 Å². The second-order valence-electron chi connectivity index (χ2n) is 6.86. The van der Waals surface area contributed by atoms with Crippen LogP contribution in [0.15, 0.2) is 67.0 Å². The van der Waals surface area contributed by atoms with Crippen LogP contribution in [0.5, 0.6) is 0 Å². The Morgan fingerprint density at radius 1 is 1.07 bits per heavy atom. The lowest BCUT2D eigenvalue weighted by molar-refractivity contribution is 0.102. The molecule has 28 heavy (non-hydrogen) atoms. The number of benzene rings is 2. The minimum atomic E-state index is -0.207. The zero-order chi connectivity index (χ0) is 19.7. The first-order valence-corrected chi connectivity index (χ1v) is 9.41. The number of halogens is 1. The Kier molecular flexibility index (Phi) is 4.84. The predicted molar refractivity (Wildman–Crippen MR) is 112 cm³/mol. The van der Waals surface area contributed by atoms with Crippen molar-refractivity contribution in [2.45, 2.75) is 19.8 Å². The second kappa shape index (κ2) is 7.44. The summed E-state index contributed by atoms with van der Waals surface area (Å²) in [6.07, 6.45) is 3.27. The molecule has 0 aliphatic rings. The molecule has 4 rings (SSSR count). The molecule has 0 unspecified atom stereocenters. The molecular formula is C22H19ClN4O. The molecule has 5 nitrogen and oxygen atoms in total. The third-order valence-electron chi connectivity index (χ3n) is 4.52. The molecule has 0 saturated carbocycles. The van der Waals surface area contributed by atoms with E-state index < -0.39 is 0 Å². The average molecular weight is 391 g/mol. The van der Waals surface area contributed by atoms with Crippen LogP contribution in [-0.2, 0) is 0 Å². The summed E-state index contributed by atoms with van der Waals surface area (Å²) in [5.41, 5.74) is 3.78. The fourth-order valence-corrected chi connectivity index (χ4v) is 3.34. The predicted octanol–water partition coefficient (Wildman–Crippen LogP) is 5.45. The summed E-state index contributed by atoms with van der Waals surface area (Å²) in [5.74, 6) is -0.102. The van der Waals surface area contributed by atoms with Crippen LogP contribution in [0.4, 0.5) is 5.69 Å². The van der Waals surface area contributed by atoms with Crippen LogP contribution >= 0.6 is 11.6 Å². The van der Waals surface area contributed by atoms with Gasteiger partial charge in [0, 0.05) is 10.4 Å². The van der Waals surface area contributed by atoms with Crippen molar-refractivity contribution < 1.29 is 4.79 Å². The molecule has 2 aromatic heterocycles. The number of fused-ring (bicyclic) bond motifs is 1. The maximum atomic E-state index is 13.0. The van der Waals surface area contributed by atoms with E-state index in [0.29, 0.717) is 16.3 Å². The number of carbonyl (C=O) groups excluding carboxylic acids is 1. The van der Waals surface area contributed by atoms with Gasteiger partial charge in [-0.2, -0.15) is 5.10 Å². The molecule has 0 fully saturated rings. The number of para-hydroxylation sites is 1. The number of aromatic nitrogens is 3. The molecule has 1 amide bonds. The van der Waals surface area contributed by atoms with Gasteiger partial charge in [0.2, 0.25) is 0 Å². The highest BCUT2D eigenvalue weighted by Gasteiger charge is 2.21. The highest BCUT2D eigenvalue weighted by atomic mass is 35.5. The summed E-state index contributed by atoms with van der Waals surface area (Å²) in [4.78, 5) is 17.4. The Morgan fingerprint density at radius 2 is 1.82 bits per heavy atom. The Hall–Kier alpha value is -3.18. The molecule has 2 aromatic carbocycles. The molecule has 0 saturated heterocycles. The number of nitrogens with one attached hydrogen (secondary N) is 1. The van der Waals surface area contributed by atoms with Crippen molar-refractivity contribution >= 4 is 34.1 Å². The summed E-state index contributed by atoms with van der Waals surface area (Å²) in [7, 11) is 0. The standard InChI is InChI=1S/C22H19ClN4O/c1-14(2)21-19(13-25-27(21)18-9-7-16(23)8-10-18)22(28)26-17-11-15-5-3-4-6-20(15)24-12-17/h3-14H,1-2H3,(H,26,28). The quantitative estimate of drug-likeness (QED) is 0.504. The molecule has 140 valence electrons. The summed E-state index contributed by atoms with van der Waals surface area (Å²) in [6, 6.07) is 17.1. The first kappa shape index (κ1) is 18.2. The van der Waals surface area contributed by atoms with E-state index >= 15 is 0 Å². The molecule has 0 aliphatic carbocycles. The lowest BCUT2D eigenvalue weighted by atomic mass is 10.0. The number of anilines is 1. The van der Waals surface area contributed by atoms with Gasteiger partial charge in [-0.1, -0.05) is 43.6 Å². The molecule has 0 radical (unpaired) electrons. The number of carbonyl (C=O) groups is 1. The van der Waals surface area contributed by atoms with Gasteiger partial charge in [0.05, 0.1) is 40.5 Å². The monoisotopic (exact) mass is 390 g/mol. The van der Waals surface area contributed by atoms with Crippen LogP contribution in [-0.4, -0.2) is 20.7 Å². The molecule has 6 heteroatoms. The van der Waals surface area contributed by atoms with Crippen molar-refractivity contribution in [3.05, 3.63) is 83.3 Å². The maximum Gasteiger partial charge on any atom is 0.259 e. The van der Waals surface area contributed by atoms with E-state index in [9.17, 15) is 4.79 Å². The largest absolute Gasteiger partial charge is 0.320 e. The van der Waals surface area contributed by atoms with Crippen LogP contribution in [0.1, 0.15) is 35.8 Å². The highest BCUT2D eigenvalue weighted by molar-refractivity contribution is 6.30. The van der Waals surface area contributed by atoms with Crippen molar-refractivity contribution in [1.82, 2.24) is 14.8 Å². The first-order chi connectivity index (χ1) is 13.5. The fraction of sp³-hybridized carbons (Fsp3) is 0.136. The number of rotatable bonds is 4. The fourth-order valence-electron chi connectivity index (χ4n) is 3.21. The van der Waals surface area contributed by atoms with Crippen LogP contribution in [0.25, 0.3) is 16.6 Å². The Balaban J connectivity index is 1.67. The van der Waals surface area contributed by atoms with E-state index in [0.717, 1.165) is 22.3 Å². The Bertz CT molecular complexity index is 1150. The molecule has 4 aromatic rings. The maximum absolute atomic E-state index is 13.0. The molecular weight excluding hydrogens is 372 g/mol. The number of pyridine rings is 1. The molecule has 2 heterocycles. The van der Waals surface area contributed by atoms with Gasteiger partial charge >= 0.3 is 0 Å². The van der Waals surface area contributed by atoms with Crippen molar-refractivity contribution in [2.75, 3.05) is 5.32 Å². The van der Waals surface area contributed by atoms with Gasteiger partial charge in [-0.05, 0) is 42.3 Å². The average Bonchev–Trinajstić information content (AvgIpc) is 3.14. The number of amides is 1. The van der Waals surface area contributed by atoms with E-state index in [2.05, 4.69) is 15.4 Å². The Labute approximate surface area is 168 Å². The van der Waals surface area contributed by atoms with Gasteiger partial charge < -0.3 is 5.32 Å². The Morgan fingerprint density at radius 3 is 2.57 bits per heavy atom. The first-order valence-electron chi connectivity index (χ1n) is 9.03. The van der Waals surface area contributed by atoms with Crippen molar-refractivity contribution in [2.24, 2.45) is 0 Å². The number of nitrogens with zero attached hydrogens (tertiary/aromatic N) is 3. The lowest BCUT2D eigenvalue weighted by Crippen LogP contribution is -2.15. The topological polar surface area (TPSA) is 59.8 Å². The van der Waals surface area contributed by atoms with Crippen LogP contribution in [0.2, 0.25) is 5.02 Å². The van der Waals surface area contributed by atoms with Gasteiger partial charge in [-0.3, -0.25) is 9.78 Å². The van der Waals surface area contributed by atoms with Crippen LogP contribution in [0, 0.1) is 0 Å². The van der Waals surface area contributed by atoms with Gasteiger partial charge in [-0.25, -0.2) is 4.68 Å². The lowest BCUT2D eigenvalue weighted by Gasteiger charge is -2.13. The third kappa shape index (κ3) is 3.49. The van der Waals surface area contributed by atoms with Gasteiger partial charge in [0.1, 0.15) is 0 Å². The van der Waals surface area contributed by atoms with E-state index in [-0.39, 0.29) is 11.8 Å². The zero-order valence-electron chi connectivity index (χ0n) is 15.6. The molecule has 0 bridgehead atoms. The van der Waals surface area contributed by atoms with Crippen LogP contribution < -0.4 is 5.32 Å². The molecule has 0 aliphatic heterocycles. The van der Waals surface area contributed by atoms with E-state index in [4.69, 9.17) is 11.6 Å². The van der Waals surface area contributed by atoms with Crippen molar-refractivity contribution in [1.29, 1.82) is 0 Å². The summed E-state index contributed by atoms with van der Waals surface area (Å²) >= 11 is 5.99. The SMILES string of the molecule is CC(C)c1c(C(=O)Nc2cnc3ccccc3c2)cnn1-c1ccc(Cl)cc1. The molecule has 0 atom stereocenters. The van der Waals surface area contributed by atoms with E-state index in [1.807, 2.05) is 68.4 Å². The van der Waals surface area contributed by atoms with Gasteiger partial charge in [-0.15, -0.1) is 0 Å². The summed E-state index contributed by atoms with van der Waals surface area (Å²) in [6.45, 7) is 4.08. The number of hydrogen-bond acceptors (Lipinski definition) is 3. The minimum Gasteiger partial charge on any atom is -0.320 e. The van der Waals surface area contributed by atoms with Crippen LogP contribution in [0.3, 0.4) is 0 Å². The summed E-state index contributed by atoms with van der Waals surface area (Å²) in [5, 5.41) is 9.02. The third-order valence-corrected chi connectivity index (χ3v) is 4.77. The zero-order valence-corrected chi connectivity index (χ0v) is 16.3. The van der Waals surface area contributed by atoms with Gasteiger partial charge in [0.15, 0.2) is 0 Å². The second-order valence-corrected chi connectivity index (χ2v) is 7.29. The highest BCUT2D eigenvalue weighted by Crippen LogP contribution is 2.25. The summed E-state index contributed by atoms with van der Waals surface area (Å²) < 4.78 is 1.79. The number of hydrogen-bond donors (Lipinski definition) is 1. The van der Waals surface area contributed by atoms with E-state index in [1.54, 1.807) is 17.1 Å². The van der Waals surface area contributed by atoms with Crippen molar-refractivity contribution in [3.63, 3.8) is 0 Å². The van der Waals surface area contributed by atoms with Gasteiger partial charge in [0.25, 0.3) is 5.91 Å². The molecule has 1 N–H and O–H groups in total. The normalized spacial score (nSPS) is 11.1. The molecule has 0 spiro atoms. The van der Waals surface area contributed by atoms with Crippen molar-refractivity contribution in [3.8, 4) is 5.69 Å². The minimum absolute atomic E-state index is 0.105. The smallest absolute Gasteiger partial charge is 0.259 e.